The molecule has 0 aliphatic heterocycles. The number of hydrogen-bond acceptors (Lipinski definition) is 6. The Bertz CT molecular complexity index is 1030. The number of methoxy groups -OCH3 is 1. The number of benzene rings is 2. The normalized spacial score (nSPS) is 10.6. The van der Waals surface area contributed by atoms with E-state index in [-0.39, 0.29) is 24.7 Å². The first-order valence-electron chi connectivity index (χ1n) is 8.26. The van der Waals surface area contributed by atoms with Gasteiger partial charge in [0.05, 0.1) is 17.7 Å². The molecule has 3 aromatic rings. The fourth-order valence-corrected chi connectivity index (χ4v) is 2.80. The molecule has 138 valence electrons. The highest BCUT2D eigenvalue weighted by Gasteiger charge is 2.17. The number of esters is 1. The third-order valence-corrected chi connectivity index (χ3v) is 3.98. The van der Waals surface area contributed by atoms with Crippen LogP contribution in [0.15, 0.2) is 42.6 Å². The van der Waals surface area contributed by atoms with Crippen molar-refractivity contribution in [3.8, 4) is 23.3 Å². The molecule has 0 fully saturated rings. The summed E-state index contributed by atoms with van der Waals surface area (Å²) in [6.45, 7) is 1.94. The number of carbonyl (C=O) groups is 1. The van der Waals surface area contributed by atoms with Gasteiger partial charge in [-0.3, -0.25) is 0 Å². The number of hydrogen-bond donors (Lipinski definition) is 1. The molecule has 1 aromatic heterocycles. The maximum Gasteiger partial charge on any atom is 0.341 e. The van der Waals surface area contributed by atoms with Gasteiger partial charge in [-0.25, -0.2) is 4.79 Å². The molecule has 1 N–H and O–H groups in total. The van der Waals surface area contributed by atoms with Crippen molar-refractivity contribution in [2.24, 2.45) is 0 Å². The van der Waals surface area contributed by atoms with Crippen molar-refractivity contribution in [3.05, 3.63) is 53.7 Å². The predicted octanol–water partition coefficient (Wildman–Crippen LogP) is 3.37. The molecule has 7 nitrogen and oxygen atoms in total. The van der Waals surface area contributed by atoms with Crippen LogP contribution in [0.3, 0.4) is 0 Å². The van der Waals surface area contributed by atoms with E-state index in [1.807, 2.05) is 0 Å². The molecular formula is C20H18N2O5. The number of nitrogens with zero attached hydrogens (tertiary/aromatic N) is 2. The summed E-state index contributed by atoms with van der Waals surface area (Å²) < 4.78 is 17.3. The minimum Gasteiger partial charge on any atom is -0.508 e. The van der Waals surface area contributed by atoms with Crippen molar-refractivity contribution in [1.82, 2.24) is 4.57 Å². The lowest BCUT2D eigenvalue weighted by molar-refractivity contribution is 0.0438. The van der Waals surface area contributed by atoms with Gasteiger partial charge in [0, 0.05) is 36.5 Å². The Morgan fingerprint density at radius 2 is 2.07 bits per heavy atom. The van der Waals surface area contributed by atoms with Crippen LogP contribution in [0.5, 0.6) is 11.5 Å². The van der Waals surface area contributed by atoms with Gasteiger partial charge in [0.2, 0.25) is 0 Å². The molecule has 0 saturated heterocycles. The standard InChI is InChI=1S/C20H18N2O5/c1-3-26-20(24)17-6-4-14(8-19(17)27-12-25-2)22-11-13(10-21)16-7-5-15(23)9-18(16)22/h4-9,11,23H,3,12H2,1-2H3. The number of carbonyl (C=O) groups excluding carboxylic acids is 1. The molecule has 7 heteroatoms. The van der Waals surface area contributed by atoms with E-state index in [0.29, 0.717) is 27.9 Å². The predicted molar refractivity (Wildman–Crippen MR) is 98.1 cm³/mol. The minimum absolute atomic E-state index is 0.0352. The van der Waals surface area contributed by atoms with Gasteiger partial charge in [0.15, 0.2) is 6.79 Å². The lowest BCUT2D eigenvalue weighted by Crippen LogP contribution is -2.10. The van der Waals surface area contributed by atoms with E-state index in [2.05, 4.69) is 6.07 Å². The second-order valence-corrected chi connectivity index (χ2v) is 5.68. The molecule has 2 aromatic carbocycles. The van der Waals surface area contributed by atoms with Gasteiger partial charge in [0.25, 0.3) is 0 Å². The SMILES string of the molecule is CCOC(=O)c1ccc(-n2cc(C#N)c3ccc(O)cc32)cc1OCOC. The summed E-state index contributed by atoms with van der Waals surface area (Å²) in [5.41, 5.74) is 2.07. The van der Waals surface area contributed by atoms with Gasteiger partial charge in [0.1, 0.15) is 23.1 Å². The Morgan fingerprint density at radius 3 is 2.78 bits per heavy atom. The molecule has 0 unspecified atom stereocenters. The summed E-state index contributed by atoms with van der Waals surface area (Å²) in [5, 5.41) is 19.9. The van der Waals surface area contributed by atoms with Crippen molar-refractivity contribution >= 4 is 16.9 Å². The highest BCUT2D eigenvalue weighted by molar-refractivity contribution is 5.93. The molecule has 0 bridgehead atoms. The van der Waals surface area contributed by atoms with Gasteiger partial charge in [-0.1, -0.05) is 0 Å². The zero-order valence-corrected chi connectivity index (χ0v) is 14.9. The van der Waals surface area contributed by atoms with E-state index in [1.165, 1.54) is 13.2 Å². The summed E-state index contributed by atoms with van der Waals surface area (Å²) >= 11 is 0. The molecule has 0 amide bonds. The first-order chi connectivity index (χ1) is 13.1. The van der Waals surface area contributed by atoms with Gasteiger partial charge in [-0.05, 0) is 31.2 Å². The number of rotatable bonds is 6. The number of aromatic hydroxyl groups is 1. The average molecular weight is 366 g/mol. The van der Waals surface area contributed by atoms with E-state index in [9.17, 15) is 15.2 Å². The fraction of sp³-hybridized carbons (Fsp3) is 0.200. The summed E-state index contributed by atoms with van der Waals surface area (Å²) in [6.07, 6.45) is 1.67. The van der Waals surface area contributed by atoms with Crippen LogP contribution in [-0.2, 0) is 9.47 Å². The van der Waals surface area contributed by atoms with Crippen molar-refractivity contribution in [2.45, 2.75) is 6.92 Å². The highest BCUT2D eigenvalue weighted by atomic mass is 16.7. The summed E-state index contributed by atoms with van der Waals surface area (Å²) in [7, 11) is 1.48. The van der Waals surface area contributed by atoms with Gasteiger partial charge in [-0.15, -0.1) is 0 Å². The van der Waals surface area contributed by atoms with Crippen LogP contribution in [0.1, 0.15) is 22.8 Å². The van der Waals surface area contributed by atoms with Crippen LogP contribution >= 0.6 is 0 Å². The van der Waals surface area contributed by atoms with E-state index in [4.69, 9.17) is 14.2 Å². The minimum atomic E-state index is -0.497. The van der Waals surface area contributed by atoms with Gasteiger partial charge in [-0.2, -0.15) is 5.26 Å². The molecule has 0 radical (unpaired) electrons. The zero-order valence-electron chi connectivity index (χ0n) is 14.9. The quantitative estimate of drug-likeness (QED) is 0.531. The van der Waals surface area contributed by atoms with Crippen molar-refractivity contribution < 1.29 is 24.1 Å². The number of phenols is 1. The number of nitriles is 1. The fourth-order valence-electron chi connectivity index (χ4n) is 2.80. The topological polar surface area (TPSA) is 93.7 Å². The summed E-state index contributed by atoms with van der Waals surface area (Å²) in [4.78, 5) is 12.2. The summed E-state index contributed by atoms with van der Waals surface area (Å²) in [6, 6.07) is 11.9. The Kier molecular flexibility index (Phi) is 5.29. The summed E-state index contributed by atoms with van der Waals surface area (Å²) in [5.74, 6) is -0.110. The Hall–Kier alpha value is -3.50. The zero-order chi connectivity index (χ0) is 19.4. The van der Waals surface area contributed by atoms with E-state index < -0.39 is 5.97 Å². The maximum atomic E-state index is 12.2. The van der Waals surface area contributed by atoms with Crippen LogP contribution in [0.2, 0.25) is 0 Å². The molecular weight excluding hydrogens is 348 g/mol. The van der Waals surface area contributed by atoms with Crippen LogP contribution in [-0.4, -0.2) is 36.2 Å². The van der Waals surface area contributed by atoms with E-state index >= 15 is 0 Å². The van der Waals surface area contributed by atoms with E-state index in [1.54, 1.807) is 48.0 Å². The third kappa shape index (κ3) is 3.57. The molecule has 27 heavy (non-hydrogen) atoms. The molecule has 0 saturated carbocycles. The highest BCUT2D eigenvalue weighted by Crippen LogP contribution is 2.30. The number of phenolic OH excluding ortho intramolecular Hbond substituents is 1. The molecule has 3 rings (SSSR count). The largest absolute Gasteiger partial charge is 0.508 e. The van der Waals surface area contributed by atoms with Gasteiger partial charge >= 0.3 is 5.97 Å². The Morgan fingerprint density at radius 1 is 1.26 bits per heavy atom. The second-order valence-electron chi connectivity index (χ2n) is 5.68. The smallest absolute Gasteiger partial charge is 0.341 e. The average Bonchev–Trinajstić information content (AvgIpc) is 3.04. The number of fused-ring (bicyclic) bond motifs is 1. The first-order valence-corrected chi connectivity index (χ1v) is 8.26. The Balaban J connectivity index is 2.15. The third-order valence-electron chi connectivity index (χ3n) is 3.98. The van der Waals surface area contributed by atoms with Crippen molar-refractivity contribution in [2.75, 3.05) is 20.5 Å². The monoisotopic (exact) mass is 366 g/mol. The maximum absolute atomic E-state index is 12.2. The van der Waals surface area contributed by atoms with Crippen LogP contribution < -0.4 is 4.74 Å². The van der Waals surface area contributed by atoms with Crippen LogP contribution in [0, 0.1) is 11.3 Å². The van der Waals surface area contributed by atoms with Crippen LogP contribution in [0.4, 0.5) is 0 Å². The van der Waals surface area contributed by atoms with E-state index in [0.717, 1.165) is 0 Å². The molecule has 0 aliphatic carbocycles. The molecule has 0 spiro atoms. The first kappa shape index (κ1) is 18.3. The van der Waals surface area contributed by atoms with Crippen molar-refractivity contribution in [3.63, 3.8) is 0 Å². The number of ether oxygens (including phenoxy) is 3. The Labute approximate surface area is 155 Å². The number of aromatic nitrogens is 1. The second kappa shape index (κ2) is 7.81. The lowest BCUT2D eigenvalue weighted by Gasteiger charge is -2.13. The molecule has 0 atom stereocenters. The molecule has 1 heterocycles. The molecule has 0 aliphatic rings. The van der Waals surface area contributed by atoms with Crippen LogP contribution in [0.25, 0.3) is 16.6 Å². The lowest BCUT2D eigenvalue weighted by atomic mass is 10.1. The van der Waals surface area contributed by atoms with Gasteiger partial charge < -0.3 is 23.9 Å². The van der Waals surface area contributed by atoms with Crippen molar-refractivity contribution in [1.29, 1.82) is 5.26 Å².